The molecule has 0 aromatic heterocycles. The van der Waals surface area contributed by atoms with Gasteiger partial charge in [0, 0.05) is 5.56 Å². The quantitative estimate of drug-likeness (QED) is 0.0733. The smallest absolute Gasteiger partial charge is 0.314 e. The van der Waals surface area contributed by atoms with Gasteiger partial charge in [-0.25, -0.2) is 0 Å². The van der Waals surface area contributed by atoms with Crippen molar-refractivity contribution in [1.29, 1.82) is 0 Å². The minimum absolute atomic E-state index is 0.143. The van der Waals surface area contributed by atoms with E-state index in [-0.39, 0.29) is 18.5 Å². The van der Waals surface area contributed by atoms with Crippen molar-refractivity contribution in [2.75, 3.05) is 20.0 Å². The van der Waals surface area contributed by atoms with Crippen LogP contribution >= 0.6 is 0 Å². The van der Waals surface area contributed by atoms with Crippen LogP contribution in [0.3, 0.4) is 0 Å². The molecule has 0 bridgehead atoms. The first kappa shape index (κ1) is 30.9. The van der Waals surface area contributed by atoms with Crippen molar-refractivity contribution >= 4 is 17.8 Å². The number of rotatable bonds is 16. The molecule has 0 spiro atoms. The first-order valence-corrected chi connectivity index (χ1v) is 13.7. The molecule has 0 heterocycles. The van der Waals surface area contributed by atoms with Gasteiger partial charge in [-0.3, -0.25) is 9.59 Å². The molecule has 208 valence electrons. The Bertz CT molecular complexity index is 1050. The van der Waals surface area contributed by atoms with Gasteiger partial charge >= 0.3 is 5.97 Å². The molecular weight excluding hydrogens is 480 g/mol. The van der Waals surface area contributed by atoms with E-state index in [0.29, 0.717) is 24.5 Å². The zero-order chi connectivity index (χ0) is 28.0. The van der Waals surface area contributed by atoms with Crippen molar-refractivity contribution < 1.29 is 28.5 Å². The summed E-state index contributed by atoms with van der Waals surface area (Å²) in [7, 11) is 0. The third-order valence-electron chi connectivity index (χ3n) is 5.82. The zero-order valence-electron chi connectivity index (χ0n) is 23.9. The Kier molecular flexibility index (Phi) is 12.9. The predicted molar refractivity (Wildman–Crippen MR) is 152 cm³/mol. The number of ether oxygens (including phenoxy) is 4. The molecule has 0 unspecified atom stereocenters. The van der Waals surface area contributed by atoms with Gasteiger partial charge in [0.2, 0.25) is 6.79 Å². The van der Waals surface area contributed by atoms with Crippen LogP contribution in [0, 0.1) is 5.41 Å². The molecule has 6 nitrogen and oxygen atoms in total. The van der Waals surface area contributed by atoms with Crippen LogP contribution in [0.25, 0.3) is 6.08 Å². The molecule has 0 aliphatic heterocycles. The highest BCUT2D eigenvalue weighted by atomic mass is 16.7. The molecule has 38 heavy (non-hydrogen) atoms. The highest BCUT2D eigenvalue weighted by molar-refractivity contribution is 6.07. The van der Waals surface area contributed by atoms with Gasteiger partial charge in [0.15, 0.2) is 5.78 Å². The van der Waals surface area contributed by atoms with Crippen LogP contribution in [-0.4, -0.2) is 31.8 Å². The van der Waals surface area contributed by atoms with Crippen molar-refractivity contribution in [2.24, 2.45) is 5.41 Å². The third-order valence-corrected chi connectivity index (χ3v) is 5.82. The van der Waals surface area contributed by atoms with Crippen LogP contribution in [0.15, 0.2) is 42.5 Å². The van der Waals surface area contributed by atoms with Crippen molar-refractivity contribution in [3.63, 3.8) is 0 Å². The number of hydrogen-bond donors (Lipinski definition) is 0. The van der Waals surface area contributed by atoms with Crippen LogP contribution in [0.2, 0.25) is 0 Å². The molecule has 0 N–H and O–H groups in total. The van der Waals surface area contributed by atoms with Crippen LogP contribution in [0.5, 0.6) is 17.2 Å². The van der Waals surface area contributed by atoms with Gasteiger partial charge in [0.05, 0.1) is 24.2 Å². The van der Waals surface area contributed by atoms with Gasteiger partial charge in [-0.1, -0.05) is 46.1 Å². The fourth-order valence-electron chi connectivity index (χ4n) is 3.53. The Morgan fingerprint density at radius 1 is 0.816 bits per heavy atom. The van der Waals surface area contributed by atoms with Crippen molar-refractivity contribution in [3.8, 4) is 17.2 Å². The summed E-state index contributed by atoms with van der Waals surface area (Å²) in [4.78, 5) is 24.9. The van der Waals surface area contributed by atoms with Crippen LogP contribution in [0.1, 0.15) is 95.1 Å². The van der Waals surface area contributed by atoms with E-state index in [9.17, 15) is 9.59 Å². The van der Waals surface area contributed by atoms with Gasteiger partial charge in [-0.2, -0.15) is 0 Å². The topological polar surface area (TPSA) is 71.1 Å². The van der Waals surface area contributed by atoms with E-state index in [1.54, 1.807) is 57.2 Å². The molecule has 0 saturated carbocycles. The van der Waals surface area contributed by atoms with Gasteiger partial charge in [-0.05, 0) is 88.1 Å². The van der Waals surface area contributed by atoms with Crippen molar-refractivity contribution in [1.82, 2.24) is 0 Å². The Hall–Kier alpha value is -3.28. The number of carbonyl (C=O) groups is 2. The lowest BCUT2D eigenvalue weighted by atomic mass is 9.98. The minimum Gasteiger partial charge on any atom is -0.493 e. The molecule has 0 saturated heterocycles. The normalized spacial score (nSPS) is 11.4. The lowest BCUT2D eigenvalue weighted by Crippen LogP contribution is -2.24. The predicted octanol–water partition coefficient (Wildman–Crippen LogP) is 7.82. The highest BCUT2D eigenvalue weighted by Crippen LogP contribution is 2.35. The number of carbonyl (C=O) groups excluding carboxylic acids is 2. The Morgan fingerprint density at radius 2 is 1.47 bits per heavy atom. The van der Waals surface area contributed by atoms with E-state index in [2.05, 4.69) is 26.8 Å². The van der Waals surface area contributed by atoms with Gasteiger partial charge in [0.1, 0.15) is 17.2 Å². The van der Waals surface area contributed by atoms with E-state index < -0.39 is 5.41 Å². The summed E-state index contributed by atoms with van der Waals surface area (Å²) in [6, 6.07) is 10.8. The average Bonchev–Trinajstić information content (AvgIpc) is 2.89. The Balaban J connectivity index is 2.21. The highest BCUT2D eigenvalue weighted by Gasteiger charge is 2.23. The zero-order valence-corrected chi connectivity index (χ0v) is 23.9. The van der Waals surface area contributed by atoms with E-state index in [4.69, 9.17) is 18.9 Å². The first-order chi connectivity index (χ1) is 18.2. The van der Waals surface area contributed by atoms with E-state index in [0.717, 1.165) is 61.2 Å². The lowest BCUT2D eigenvalue weighted by Gasteiger charge is -2.18. The summed E-state index contributed by atoms with van der Waals surface area (Å²) in [5.41, 5.74) is 1.85. The van der Waals surface area contributed by atoms with Crippen LogP contribution in [-0.2, 0) is 16.0 Å². The first-order valence-electron chi connectivity index (χ1n) is 13.7. The molecule has 0 radical (unpaired) electrons. The molecule has 6 heteroatoms. The monoisotopic (exact) mass is 524 g/mol. The lowest BCUT2D eigenvalue weighted by molar-refractivity contribution is -0.159. The van der Waals surface area contributed by atoms with Crippen molar-refractivity contribution in [2.45, 2.75) is 80.1 Å². The second-order valence-electron chi connectivity index (χ2n) is 10.3. The molecule has 2 rings (SSSR count). The molecule has 0 aliphatic carbocycles. The largest absolute Gasteiger partial charge is 0.493 e. The minimum atomic E-state index is -0.593. The molecule has 0 amide bonds. The maximum Gasteiger partial charge on any atom is 0.314 e. The number of esters is 1. The van der Waals surface area contributed by atoms with Crippen molar-refractivity contribution in [3.05, 3.63) is 59.2 Å². The summed E-state index contributed by atoms with van der Waals surface area (Å²) in [5, 5.41) is 0. The fraction of sp³-hybridized carbons (Fsp3) is 0.500. The molecule has 2 aromatic carbocycles. The fourth-order valence-corrected chi connectivity index (χ4v) is 3.53. The standard InChI is InChI=1S/C32H44O6/c1-7-10-21-35-29-20-15-25(12-9-3)30(36-22-11-8-2)27(29)18-19-28(33)24-13-16-26(17-14-24)37-23-38-31(34)32(4,5)6/h13-20H,7-12,21-23H2,1-6H3/b19-18+. The molecule has 0 aliphatic rings. The second kappa shape index (κ2) is 15.9. The molecule has 2 aromatic rings. The Morgan fingerprint density at radius 3 is 2.08 bits per heavy atom. The molecule has 0 atom stereocenters. The summed E-state index contributed by atoms with van der Waals surface area (Å²) in [6.45, 7) is 12.8. The molecular formula is C32H44O6. The summed E-state index contributed by atoms with van der Waals surface area (Å²) < 4.78 is 23.0. The third kappa shape index (κ3) is 9.88. The van der Waals surface area contributed by atoms with Crippen LogP contribution in [0.4, 0.5) is 0 Å². The number of unbranched alkanes of at least 4 members (excludes halogenated alkanes) is 2. The summed E-state index contributed by atoms with van der Waals surface area (Å²) >= 11 is 0. The number of aryl methyl sites for hydroxylation is 1. The Labute approximate surface area is 228 Å². The van der Waals surface area contributed by atoms with E-state index in [1.165, 1.54) is 0 Å². The SMILES string of the molecule is CCCCOc1ccc(CCC)c(OCCCC)c1/C=C/C(=O)c1ccc(OCOC(=O)C(C)(C)C)cc1. The average molecular weight is 525 g/mol. The second-order valence-corrected chi connectivity index (χ2v) is 10.3. The number of hydrogen-bond acceptors (Lipinski definition) is 6. The molecule has 0 fully saturated rings. The summed E-state index contributed by atoms with van der Waals surface area (Å²) in [6.07, 6.45) is 9.23. The van der Waals surface area contributed by atoms with E-state index in [1.807, 2.05) is 6.07 Å². The van der Waals surface area contributed by atoms with E-state index >= 15 is 0 Å². The van der Waals surface area contributed by atoms with Gasteiger partial charge in [0.25, 0.3) is 0 Å². The van der Waals surface area contributed by atoms with Crippen LogP contribution < -0.4 is 14.2 Å². The maximum atomic E-state index is 13.0. The van der Waals surface area contributed by atoms with Gasteiger partial charge < -0.3 is 18.9 Å². The summed E-state index contributed by atoms with van der Waals surface area (Å²) in [5.74, 6) is 1.55. The number of benzene rings is 2. The number of allylic oxidation sites excluding steroid dienone is 1. The van der Waals surface area contributed by atoms with Gasteiger partial charge in [-0.15, -0.1) is 0 Å². The maximum absolute atomic E-state index is 13.0. The number of ketones is 1.